The average Bonchev–Trinajstić information content (AvgIpc) is 3.23. The van der Waals surface area contributed by atoms with E-state index in [0.717, 1.165) is 22.5 Å². The monoisotopic (exact) mass is 428 g/mol. The summed E-state index contributed by atoms with van der Waals surface area (Å²) in [6.45, 7) is 4.53. The second-order valence-electron chi connectivity index (χ2n) is 8.50. The number of hydrogen-bond donors (Lipinski definition) is 1. The van der Waals surface area contributed by atoms with E-state index in [0.29, 0.717) is 17.7 Å². The van der Waals surface area contributed by atoms with E-state index in [1.165, 1.54) is 37.1 Å². The van der Waals surface area contributed by atoms with Crippen LogP contribution in [-0.2, 0) is 0 Å². The summed E-state index contributed by atoms with van der Waals surface area (Å²) in [5.74, 6) is 1.79. The van der Waals surface area contributed by atoms with Crippen molar-refractivity contribution in [3.63, 3.8) is 0 Å². The van der Waals surface area contributed by atoms with Crippen LogP contribution in [0.25, 0.3) is 16.8 Å². The highest BCUT2D eigenvalue weighted by molar-refractivity contribution is 5.66. The highest BCUT2D eigenvalue weighted by Crippen LogP contribution is 2.31. The molecule has 1 N–H and O–H groups in total. The second kappa shape index (κ2) is 8.59. The smallest absolute Gasteiger partial charge is 0.245 e. The fourth-order valence-electron chi connectivity index (χ4n) is 4.49. The first-order chi connectivity index (χ1) is 15.6. The number of rotatable bonds is 5. The summed E-state index contributed by atoms with van der Waals surface area (Å²) in [5, 5.41) is 8.10. The van der Waals surface area contributed by atoms with Gasteiger partial charge in [0, 0.05) is 23.5 Å². The van der Waals surface area contributed by atoms with Crippen LogP contribution in [0.5, 0.6) is 5.88 Å². The van der Waals surface area contributed by atoms with E-state index < -0.39 is 0 Å². The van der Waals surface area contributed by atoms with Gasteiger partial charge in [0.05, 0.1) is 24.5 Å². The molecule has 1 aliphatic heterocycles. The average molecular weight is 429 g/mol. The number of ether oxygens (including phenoxy) is 1. The number of nitrogens with one attached hydrogen (secondary N) is 1. The predicted molar refractivity (Wildman–Crippen MR) is 127 cm³/mol. The van der Waals surface area contributed by atoms with Crippen LogP contribution in [-0.4, -0.2) is 51.7 Å². The number of benzene rings is 1. The maximum absolute atomic E-state index is 5.17. The molecule has 0 saturated carbocycles. The van der Waals surface area contributed by atoms with Crippen molar-refractivity contribution in [2.75, 3.05) is 32.6 Å². The molecule has 0 bridgehead atoms. The van der Waals surface area contributed by atoms with E-state index in [4.69, 9.17) is 9.84 Å². The fourth-order valence-corrected chi connectivity index (χ4v) is 4.49. The lowest BCUT2D eigenvalue weighted by atomic mass is 9.87. The summed E-state index contributed by atoms with van der Waals surface area (Å²) in [5.41, 5.74) is 6.62. The second-order valence-corrected chi connectivity index (χ2v) is 8.50. The Hall–Kier alpha value is -3.45. The van der Waals surface area contributed by atoms with Gasteiger partial charge in [0.25, 0.3) is 0 Å². The molecule has 4 aromatic rings. The Balaban J connectivity index is 1.38. The van der Waals surface area contributed by atoms with Crippen LogP contribution in [0.4, 0.5) is 11.6 Å². The van der Waals surface area contributed by atoms with Gasteiger partial charge in [-0.05, 0) is 87.3 Å². The maximum atomic E-state index is 5.17. The molecule has 32 heavy (non-hydrogen) atoms. The van der Waals surface area contributed by atoms with Gasteiger partial charge < -0.3 is 15.0 Å². The summed E-state index contributed by atoms with van der Waals surface area (Å²) in [4.78, 5) is 11.2. The standard InChI is InChI=1S/C25H28N6O/c1-17-14-20(5-7-22(17)18-10-12-30(2)13-11-18)28-25-27-16-21-6-8-23(31(21)29-25)19-4-9-24(32-3)26-15-19/h4-9,14-16,18H,10-13H2,1-3H3,(H,28,29). The summed E-state index contributed by atoms with van der Waals surface area (Å²) >= 11 is 0. The summed E-state index contributed by atoms with van der Waals surface area (Å²) in [7, 11) is 3.82. The van der Waals surface area contributed by atoms with E-state index in [9.17, 15) is 0 Å². The van der Waals surface area contributed by atoms with Gasteiger partial charge in [-0.15, -0.1) is 5.10 Å². The molecule has 0 radical (unpaired) electrons. The van der Waals surface area contributed by atoms with Crippen LogP contribution < -0.4 is 10.1 Å². The van der Waals surface area contributed by atoms with Crippen LogP contribution in [0.1, 0.15) is 29.9 Å². The molecule has 0 amide bonds. The molecule has 5 rings (SSSR count). The Labute approximate surface area is 188 Å². The van der Waals surface area contributed by atoms with E-state index >= 15 is 0 Å². The van der Waals surface area contributed by atoms with E-state index in [-0.39, 0.29) is 0 Å². The third-order valence-corrected chi connectivity index (χ3v) is 6.32. The van der Waals surface area contributed by atoms with Crippen LogP contribution in [0.2, 0.25) is 0 Å². The van der Waals surface area contributed by atoms with Gasteiger partial charge in [-0.3, -0.25) is 0 Å². The number of hydrogen-bond acceptors (Lipinski definition) is 6. The van der Waals surface area contributed by atoms with Gasteiger partial charge in [0.15, 0.2) is 0 Å². The zero-order chi connectivity index (χ0) is 22.1. The zero-order valence-corrected chi connectivity index (χ0v) is 18.7. The molecule has 0 atom stereocenters. The van der Waals surface area contributed by atoms with Crippen molar-refractivity contribution >= 4 is 17.2 Å². The van der Waals surface area contributed by atoms with E-state index in [2.05, 4.69) is 52.4 Å². The van der Waals surface area contributed by atoms with Crippen molar-refractivity contribution in [3.05, 3.63) is 66.0 Å². The van der Waals surface area contributed by atoms with Crippen molar-refractivity contribution in [2.45, 2.75) is 25.7 Å². The topological polar surface area (TPSA) is 67.6 Å². The number of aromatic nitrogens is 4. The number of aryl methyl sites for hydroxylation is 1. The Morgan fingerprint density at radius 3 is 2.56 bits per heavy atom. The molecule has 7 heteroatoms. The first-order valence-corrected chi connectivity index (χ1v) is 11.0. The van der Waals surface area contributed by atoms with Gasteiger partial charge in [-0.25, -0.2) is 14.5 Å². The van der Waals surface area contributed by atoms with Crippen molar-refractivity contribution in [3.8, 4) is 17.1 Å². The molecule has 3 aromatic heterocycles. The molecule has 1 saturated heterocycles. The molecule has 1 aromatic carbocycles. The van der Waals surface area contributed by atoms with Crippen LogP contribution in [0, 0.1) is 6.92 Å². The largest absolute Gasteiger partial charge is 0.481 e. The molecule has 0 aliphatic carbocycles. The Morgan fingerprint density at radius 2 is 1.84 bits per heavy atom. The van der Waals surface area contributed by atoms with Crippen molar-refractivity contribution in [2.24, 2.45) is 0 Å². The number of likely N-dealkylation sites (tertiary alicyclic amines) is 1. The number of pyridine rings is 1. The molecule has 1 fully saturated rings. The van der Waals surface area contributed by atoms with Crippen molar-refractivity contribution in [1.29, 1.82) is 0 Å². The van der Waals surface area contributed by atoms with Gasteiger partial charge in [0.1, 0.15) is 0 Å². The zero-order valence-electron chi connectivity index (χ0n) is 18.7. The number of fused-ring (bicyclic) bond motifs is 1. The predicted octanol–water partition coefficient (Wildman–Crippen LogP) is 4.66. The van der Waals surface area contributed by atoms with E-state index in [1.807, 2.05) is 35.0 Å². The lowest BCUT2D eigenvalue weighted by molar-refractivity contribution is 0.255. The normalized spacial score (nSPS) is 15.2. The number of nitrogens with zero attached hydrogens (tertiary/aromatic N) is 5. The lowest BCUT2D eigenvalue weighted by Crippen LogP contribution is -2.29. The Kier molecular flexibility index (Phi) is 5.49. The van der Waals surface area contributed by atoms with Gasteiger partial charge in [-0.2, -0.15) is 0 Å². The fraction of sp³-hybridized carbons (Fsp3) is 0.320. The molecular weight excluding hydrogens is 400 g/mol. The molecule has 4 heterocycles. The minimum atomic E-state index is 0.558. The SMILES string of the molecule is COc1ccc(-c2ccc3cnc(Nc4ccc(C5CCN(C)CC5)c(C)c4)nn23)cn1. The summed E-state index contributed by atoms with van der Waals surface area (Å²) < 4.78 is 7.05. The highest BCUT2D eigenvalue weighted by atomic mass is 16.5. The van der Waals surface area contributed by atoms with E-state index in [1.54, 1.807) is 13.3 Å². The summed E-state index contributed by atoms with van der Waals surface area (Å²) in [6, 6.07) is 14.5. The minimum absolute atomic E-state index is 0.558. The van der Waals surface area contributed by atoms with Gasteiger partial charge in [-0.1, -0.05) is 6.07 Å². The van der Waals surface area contributed by atoms with Crippen molar-refractivity contribution in [1.82, 2.24) is 24.5 Å². The number of anilines is 2. The molecular formula is C25H28N6O. The first-order valence-electron chi connectivity index (χ1n) is 11.0. The molecule has 1 aliphatic rings. The molecule has 0 spiro atoms. The molecule has 164 valence electrons. The summed E-state index contributed by atoms with van der Waals surface area (Å²) in [6.07, 6.45) is 6.07. The first kappa shape index (κ1) is 20.5. The minimum Gasteiger partial charge on any atom is -0.481 e. The third-order valence-electron chi connectivity index (χ3n) is 6.32. The highest BCUT2D eigenvalue weighted by Gasteiger charge is 2.20. The van der Waals surface area contributed by atoms with Crippen LogP contribution in [0.3, 0.4) is 0 Å². The number of piperidine rings is 1. The molecule has 0 unspecified atom stereocenters. The maximum Gasteiger partial charge on any atom is 0.245 e. The van der Waals surface area contributed by atoms with Crippen LogP contribution in [0.15, 0.2) is 54.9 Å². The Bertz CT molecular complexity index is 1230. The van der Waals surface area contributed by atoms with Crippen LogP contribution >= 0.6 is 0 Å². The Morgan fingerprint density at radius 1 is 1.00 bits per heavy atom. The third kappa shape index (κ3) is 4.03. The van der Waals surface area contributed by atoms with Gasteiger partial charge in [0.2, 0.25) is 11.8 Å². The quantitative estimate of drug-likeness (QED) is 0.499. The number of methoxy groups -OCH3 is 1. The molecule has 7 nitrogen and oxygen atoms in total. The lowest BCUT2D eigenvalue weighted by Gasteiger charge is -2.30. The van der Waals surface area contributed by atoms with Crippen molar-refractivity contribution < 1.29 is 4.74 Å². The van der Waals surface area contributed by atoms with Gasteiger partial charge >= 0.3 is 0 Å².